The zero-order valence-electron chi connectivity index (χ0n) is 17.1. The van der Waals surface area contributed by atoms with Crippen molar-refractivity contribution >= 4 is 11.6 Å². The van der Waals surface area contributed by atoms with Gasteiger partial charge in [0.25, 0.3) is 5.91 Å². The van der Waals surface area contributed by atoms with Crippen LogP contribution in [0.4, 0.5) is 5.69 Å². The van der Waals surface area contributed by atoms with Gasteiger partial charge in [-0.25, -0.2) is 4.98 Å². The first-order valence-electron chi connectivity index (χ1n) is 9.02. The summed E-state index contributed by atoms with van der Waals surface area (Å²) in [6.45, 7) is 1.60. The summed E-state index contributed by atoms with van der Waals surface area (Å²) >= 11 is 0. The van der Waals surface area contributed by atoms with Gasteiger partial charge in [-0.3, -0.25) is 9.78 Å². The fourth-order valence-electron chi connectivity index (χ4n) is 2.73. The SMILES string of the molecule is COc1cc(NC(=O)COc2cc(C)nc(-c3ccncc3)n2)cc(OC)c1OC. The normalized spacial score (nSPS) is 10.3. The molecule has 3 rings (SSSR count). The summed E-state index contributed by atoms with van der Waals surface area (Å²) in [7, 11) is 4.52. The van der Waals surface area contributed by atoms with Crippen molar-refractivity contribution in [2.45, 2.75) is 6.92 Å². The van der Waals surface area contributed by atoms with E-state index in [9.17, 15) is 4.79 Å². The lowest BCUT2D eigenvalue weighted by Gasteiger charge is -2.14. The molecule has 9 heteroatoms. The summed E-state index contributed by atoms with van der Waals surface area (Å²) in [4.78, 5) is 25.1. The van der Waals surface area contributed by atoms with Gasteiger partial charge in [0.1, 0.15) is 0 Å². The smallest absolute Gasteiger partial charge is 0.262 e. The van der Waals surface area contributed by atoms with Gasteiger partial charge < -0.3 is 24.3 Å². The molecule has 0 unspecified atom stereocenters. The number of methoxy groups -OCH3 is 3. The van der Waals surface area contributed by atoms with Gasteiger partial charge in [-0.1, -0.05) is 0 Å². The van der Waals surface area contributed by atoms with Gasteiger partial charge in [-0.15, -0.1) is 0 Å². The molecule has 0 spiro atoms. The third-order valence-corrected chi connectivity index (χ3v) is 4.07. The average Bonchev–Trinajstić information content (AvgIpc) is 2.77. The van der Waals surface area contributed by atoms with Gasteiger partial charge in [-0.05, 0) is 19.1 Å². The second-order valence-corrected chi connectivity index (χ2v) is 6.16. The summed E-state index contributed by atoms with van der Waals surface area (Å²) in [5.41, 5.74) is 2.01. The van der Waals surface area contributed by atoms with Crippen LogP contribution < -0.4 is 24.3 Å². The van der Waals surface area contributed by atoms with Gasteiger partial charge in [-0.2, -0.15) is 4.98 Å². The van der Waals surface area contributed by atoms with Crippen molar-refractivity contribution in [1.82, 2.24) is 15.0 Å². The van der Waals surface area contributed by atoms with Crippen LogP contribution in [0.2, 0.25) is 0 Å². The number of ether oxygens (including phenoxy) is 4. The Kier molecular flexibility index (Phi) is 6.63. The lowest BCUT2D eigenvalue weighted by molar-refractivity contribution is -0.118. The minimum Gasteiger partial charge on any atom is -0.493 e. The molecule has 1 aromatic carbocycles. The Balaban J connectivity index is 1.70. The highest BCUT2D eigenvalue weighted by atomic mass is 16.5. The van der Waals surface area contributed by atoms with E-state index in [0.29, 0.717) is 34.6 Å². The molecule has 2 heterocycles. The van der Waals surface area contributed by atoms with Crippen molar-refractivity contribution in [1.29, 1.82) is 0 Å². The van der Waals surface area contributed by atoms with Gasteiger partial charge in [0.2, 0.25) is 11.6 Å². The predicted octanol–water partition coefficient (Wildman–Crippen LogP) is 2.89. The van der Waals surface area contributed by atoms with E-state index < -0.39 is 0 Å². The first kappa shape index (κ1) is 20.8. The van der Waals surface area contributed by atoms with E-state index in [4.69, 9.17) is 18.9 Å². The molecule has 0 aliphatic heterocycles. The van der Waals surface area contributed by atoms with Gasteiger partial charge in [0.15, 0.2) is 23.9 Å². The molecule has 0 bridgehead atoms. The number of hydrogen-bond donors (Lipinski definition) is 1. The Bertz CT molecular complexity index is 1000. The van der Waals surface area contributed by atoms with E-state index in [0.717, 1.165) is 11.3 Å². The predicted molar refractivity (Wildman–Crippen MR) is 110 cm³/mol. The molecular formula is C21H22N4O5. The molecule has 0 aliphatic rings. The van der Waals surface area contributed by atoms with Crippen LogP contribution in [0.3, 0.4) is 0 Å². The Morgan fingerprint density at radius 1 is 0.967 bits per heavy atom. The highest BCUT2D eigenvalue weighted by Gasteiger charge is 2.15. The highest BCUT2D eigenvalue weighted by Crippen LogP contribution is 2.39. The zero-order valence-corrected chi connectivity index (χ0v) is 17.1. The minimum absolute atomic E-state index is 0.233. The Hall–Kier alpha value is -3.88. The molecule has 156 valence electrons. The zero-order chi connectivity index (χ0) is 21.5. The van der Waals surface area contributed by atoms with Crippen LogP contribution >= 0.6 is 0 Å². The number of amides is 1. The number of pyridine rings is 1. The van der Waals surface area contributed by atoms with Crippen LogP contribution in [0, 0.1) is 6.92 Å². The number of aryl methyl sites for hydroxylation is 1. The average molecular weight is 410 g/mol. The van der Waals surface area contributed by atoms with Crippen LogP contribution in [-0.2, 0) is 4.79 Å². The van der Waals surface area contributed by atoms with Crippen LogP contribution in [0.15, 0.2) is 42.7 Å². The van der Waals surface area contributed by atoms with E-state index >= 15 is 0 Å². The number of anilines is 1. The maximum atomic E-state index is 12.4. The number of aromatic nitrogens is 3. The third-order valence-electron chi connectivity index (χ3n) is 4.07. The standard InChI is InChI=1S/C21H22N4O5/c1-13-9-19(25-21(23-13)14-5-7-22-8-6-14)30-12-18(26)24-15-10-16(27-2)20(29-4)17(11-15)28-3/h5-11H,12H2,1-4H3,(H,24,26). The highest BCUT2D eigenvalue weighted by molar-refractivity contribution is 5.92. The minimum atomic E-state index is -0.369. The lowest BCUT2D eigenvalue weighted by atomic mass is 10.2. The summed E-state index contributed by atoms with van der Waals surface area (Å²) in [5.74, 6) is 1.73. The summed E-state index contributed by atoms with van der Waals surface area (Å²) in [6, 6.07) is 8.54. The monoisotopic (exact) mass is 410 g/mol. The van der Waals surface area contributed by atoms with E-state index in [1.54, 1.807) is 42.7 Å². The molecule has 1 N–H and O–H groups in total. The van der Waals surface area contributed by atoms with Crippen molar-refractivity contribution in [3.05, 3.63) is 48.4 Å². The Morgan fingerprint density at radius 3 is 2.23 bits per heavy atom. The maximum absolute atomic E-state index is 12.4. The first-order valence-corrected chi connectivity index (χ1v) is 9.02. The number of nitrogens with zero attached hydrogens (tertiary/aromatic N) is 3. The van der Waals surface area contributed by atoms with Gasteiger partial charge >= 0.3 is 0 Å². The number of carbonyl (C=O) groups excluding carboxylic acids is 1. The second kappa shape index (κ2) is 9.55. The number of benzene rings is 1. The molecule has 3 aromatic rings. The molecule has 0 atom stereocenters. The van der Waals surface area contributed by atoms with Crippen molar-refractivity contribution in [2.75, 3.05) is 33.3 Å². The molecule has 2 aromatic heterocycles. The largest absolute Gasteiger partial charge is 0.493 e. The maximum Gasteiger partial charge on any atom is 0.262 e. The molecule has 0 fully saturated rings. The Labute approximate surface area is 174 Å². The van der Waals surface area contributed by atoms with E-state index in [1.165, 1.54) is 21.3 Å². The van der Waals surface area contributed by atoms with Crippen molar-refractivity contribution < 1.29 is 23.7 Å². The number of rotatable bonds is 8. The quantitative estimate of drug-likeness (QED) is 0.604. The van der Waals surface area contributed by atoms with Crippen LogP contribution in [0.1, 0.15) is 5.69 Å². The summed E-state index contributed by atoms with van der Waals surface area (Å²) < 4.78 is 21.4. The summed E-state index contributed by atoms with van der Waals surface area (Å²) in [5, 5.41) is 2.74. The topological polar surface area (TPSA) is 105 Å². The number of carbonyl (C=O) groups is 1. The summed E-state index contributed by atoms with van der Waals surface area (Å²) in [6.07, 6.45) is 3.32. The van der Waals surface area contributed by atoms with Gasteiger partial charge in [0.05, 0.1) is 21.3 Å². The molecule has 0 aliphatic carbocycles. The first-order chi connectivity index (χ1) is 14.5. The van der Waals surface area contributed by atoms with E-state index in [-0.39, 0.29) is 12.5 Å². The van der Waals surface area contributed by atoms with E-state index in [1.807, 2.05) is 6.92 Å². The molecule has 9 nitrogen and oxygen atoms in total. The second-order valence-electron chi connectivity index (χ2n) is 6.16. The lowest BCUT2D eigenvalue weighted by Crippen LogP contribution is -2.20. The van der Waals surface area contributed by atoms with Gasteiger partial charge in [0, 0.05) is 47.5 Å². The molecule has 1 amide bonds. The van der Waals surface area contributed by atoms with E-state index in [2.05, 4.69) is 20.3 Å². The molecular weight excluding hydrogens is 388 g/mol. The number of nitrogens with one attached hydrogen (secondary N) is 1. The van der Waals surface area contributed by atoms with Crippen LogP contribution in [0.5, 0.6) is 23.1 Å². The van der Waals surface area contributed by atoms with Crippen molar-refractivity contribution in [3.8, 4) is 34.5 Å². The van der Waals surface area contributed by atoms with Crippen LogP contribution in [0.25, 0.3) is 11.4 Å². The van der Waals surface area contributed by atoms with Crippen molar-refractivity contribution in [3.63, 3.8) is 0 Å². The fraction of sp³-hybridized carbons (Fsp3) is 0.238. The number of hydrogen-bond acceptors (Lipinski definition) is 8. The van der Waals surface area contributed by atoms with Crippen molar-refractivity contribution in [2.24, 2.45) is 0 Å². The molecule has 0 saturated heterocycles. The molecule has 0 radical (unpaired) electrons. The third kappa shape index (κ3) is 4.93. The van der Waals surface area contributed by atoms with Crippen LogP contribution in [-0.4, -0.2) is 48.8 Å². The Morgan fingerprint density at radius 2 is 1.63 bits per heavy atom. The molecule has 0 saturated carbocycles. The fourth-order valence-corrected chi connectivity index (χ4v) is 2.73. The molecule has 30 heavy (non-hydrogen) atoms.